The maximum absolute atomic E-state index is 4.88. The molecule has 0 bridgehead atoms. The summed E-state index contributed by atoms with van der Waals surface area (Å²) >= 11 is 0. The zero-order chi connectivity index (χ0) is 16.6. The minimum atomic E-state index is 0.747. The van der Waals surface area contributed by atoms with Gasteiger partial charge in [-0.1, -0.05) is 24.3 Å². The van der Waals surface area contributed by atoms with Crippen LogP contribution in [0.5, 0.6) is 0 Å². The average molecular weight is 326 g/mol. The molecule has 3 heterocycles. The average Bonchev–Trinajstić information content (AvgIpc) is 3.31. The molecule has 1 radical (unpaired) electrons. The van der Waals surface area contributed by atoms with E-state index in [0.717, 1.165) is 35.8 Å². The maximum atomic E-state index is 4.88. The van der Waals surface area contributed by atoms with Crippen LogP contribution in [0.2, 0.25) is 0 Å². The lowest BCUT2D eigenvalue weighted by molar-refractivity contribution is 1.09. The van der Waals surface area contributed by atoms with Gasteiger partial charge < -0.3 is 15.0 Å². The first-order valence-electron chi connectivity index (χ1n) is 8.31. The van der Waals surface area contributed by atoms with E-state index in [1.54, 1.807) is 6.20 Å². The molecule has 1 aliphatic rings. The number of nitrogens with one attached hydrogen (secondary N) is 2. The molecule has 5 nitrogen and oxygen atoms in total. The summed E-state index contributed by atoms with van der Waals surface area (Å²) in [5.74, 6) is 0.747. The maximum Gasteiger partial charge on any atom is 0.180 e. The van der Waals surface area contributed by atoms with E-state index in [-0.39, 0.29) is 0 Å². The molecule has 1 aliphatic heterocycles. The molecule has 0 saturated heterocycles. The van der Waals surface area contributed by atoms with E-state index in [0.29, 0.717) is 0 Å². The molecule has 2 aromatic heterocycles. The summed E-state index contributed by atoms with van der Waals surface area (Å²) in [5, 5.41) is 6.81. The summed E-state index contributed by atoms with van der Waals surface area (Å²) in [7, 11) is 0. The molecule has 0 fully saturated rings. The fourth-order valence-corrected chi connectivity index (χ4v) is 3.34. The van der Waals surface area contributed by atoms with Gasteiger partial charge in [0.25, 0.3) is 0 Å². The summed E-state index contributed by atoms with van der Waals surface area (Å²) in [6.45, 7) is 0.977. The second-order valence-electron chi connectivity index (χ2n) is 6.06. The van der Waals surface area contributed by atoms with Gasteiger partial charge in [0, 0.05) is 42.1 Å². The Balaban J connectivity index is 1.67. The number of anilines is 3. The van der Waals surface area contributed by atoms with Crippen molar-refractivity contribution in [2.24, 2.45) is 0 Å². The van der Waals surface area contributed by atoms with Gasteiger partial charge in [0.15, 0.2) is 11.5 Å². The molecule has 0 unspecified atom stereocenters. The van der Waals surface area contributed by atoms with E-state index in [1.165, 1.54) is 16.8 Å². The molecule has 5 heteroatoms. The van der Waals surface area contributed by atoms with Crippen LogP contribution in [0.1, 0.15) is 5.56 Å². The van der Waals surface area contributed by atoms with Crippen molar-refractivity contribution in [2.75, 3.05) is 17.2 Å². The summed E-state index contributed by atoms with van der Waals surface area (Å²) in [4.78, 5) is 9.32. The molecule has 2 N–H and O–H groups in total. The van der Waals surface area contributed by atoms with Gasteiger partial charge in [0.2, 0.25) is 0 Å². The predicted octanol–water partition coefficient (Wildman–Crippen LogP) is 3.91. The predicted molar refractivity (Wildman–Crippen MR) is 99.2 cm³/mol. The number of hydrogen-bond acceptors (Lipinski definition) is 4. The Hall–Kier alpha value is -3.34. The smallest absolute Gasteiger partial charge is 0.180 e. The fourth-order valence-electron chi connectivity index (χ4n) is 3.34. The molecule has 0 atom stereocenters. The number of benzene rings is 2. The summed E-state index contributed by atoms with van der Waals surface area (Å²) in [6, 6.07) is 17.1. The zero-order valence-electron chi connectivity index (χ0n) is 13.5. The Morgan fingerprint density at radius 2 is 2.08 bits per heavy atom. The van der Waals surface area contributed by atoms with Gasteiger partial charge in [-0.2, -0.15) is 0 Å². The van der Waals surface area contributed by atoms with E-state index in [9.17, 15) is 0 Å². The third kappa shape index (κ3) is 2.41. The highest BCUT2D eigenvalue weighted by Crippen LogP contribution is 2.33. The highest BCUT2D eigenvalue weighted by molar-refractivity contribution is 5.78. The van der Waals surface area contributed by atoms with Crippen molar-refractivity contribution in [1.29, 1.82) is 0 Å². The Bertz CT molecular complexity index is 1050. The Labute approximate surface area is 145 Å². The fraction of sp³-hybridized carbons (Fsp3) is 0.100. The monoisotopic (exact) mass is 326 g/mol. The zero-order valence-corrected chi connectivity index (χ0v) is 13.5. The first kappa shape index (κ1) is 14.0. The largest absolute Gasteiger partial charge is 0.384 e. The van der Waals surface area contributed by atoms with Crippen LogP contribution in [0.4, 0.5) is 17.2 Å². The second-order valence-corrected chi connectivity index (χ2v) is 6.06. The molecular weight excluding hydrogens is 310 g/mol. The molecule has 0 saturated carbocycles. The lowest BCUT2D eigenvalue weighted by Crippen LogP contribution is -2.01. The number of imidazole rings is 1. The van der Waals surface area contributed by atoms with E-state index in [4.69, 9.17) is 4.98 Å². The SMILES string of the molecule is [c]1ccc(Nc2nc(-c3cccc4c3CCN4)cn3ccnc23)cc1. The van der Waals surface area contributed by atoms with Crippen LogP contribution in [0.15, 0.2) is 61.1 Å². The normalized spacial score (nSPS) is 12.8. The molecule has 0 aliphatic carbocycles. The van der Waals surface area contributed by atoms with Gasteiger partial charge in [-0.3, -0.25) is 0 Å². The number of fused-ring (bicyclic) bond motifs is 2. The van der Waals surface area contributed by atoms with Gasteiger partial charge in [-0.05, 0) is 36.2 Å². The first-order valence-corrected chi connectivity index (χ1v) is 8.31. The van der Waals surface area contributed by atoms with E-state index in [1.807, 2.05) is 41.1 Å². The summed E-state index contributed by atoms with van der Waals surface area (Å²) in [6.07, 6.45) is 6.81. The first-order chi connectivity index (χ1) is 12.4. The van der Waals surface area contributed by atoms with E-state index in [2.05, 4.69) is 39.9 Å². The number of rotatable bonds is 3. The van der Waals surface area contributed by atoms with Crippen LogP contribution in [0.25, 0.3) is 16.9 Å². The van der Waals surface area contributed by atoms with Gasteiger partial charge in [0.05, 0.1) is 5.69 Å². The highest BCUT2D eigenvalue weighted by atomic mass is 15.1. The van der Waals surface area contributed by atoms with Crippen molar-refractivity contribution in [3.8, 4) is 11.3 Å². The van der Waals surface area contributed by atoms with Crippen LogP contribution >= 0.6 is 0 Å². The minimum absolute atomic E-state index is 0.747. The minimum Gasteiger partial charge on any atom is -0.384 e. The van der Waals surface area contributed by atoms with Crippen LogP contribution in [-0.2, 0) is 6.42 Å². The quantitative estimate of drug-likeness (QED) is 0.599. The molecule has 0 spiro atoms. The topological polar surface area (TPSA) is 54.2 Å². The lowest BCUT2D eigenvalue weighted by atomic mass is 10.0. The van der Waals surface area contributed by atoms with Crippen molar-refractivity contribution in [3.63, 3.8) is 0 Å². The summed E-state index contributed by atoms with van der Waals surface area (Å²) in [5.41, 5.74) is 6.42. The third-order valence-corrected chi connectivity index (χ3v) is 4.50. The van der Waals surface area contributed by atoms with Crippen LogP contribution in [0.3, 0.4) is 0 Å². The number of aromatic nitrogens is 3. The number of nitrogens with zero attached hydrogens (tertiary/aromatic N) is 3. The second kappa shape index (κ2) is 5.63. The van der Waals surface area contributed by atoms with Crippen molar-refractivity contribution >= 4 is 22.8 Å². The van der Waals surface area contributed by atoms with Crippen LogP contribution < -0.4 is 10.6 Å². The van der Waals surface area contributed by atoms with E-state index >= 15 is 0 Å². The Morgan fingerprint density at radius 1 is 1.16 bits per heavy atom. The molecule has 2 aromatic carbocycles. The molecular formula is C20H16N5. The third-order valence-electron chi connectivity index (χ3n) is 4.50. The summed E-state index contributed by atoms with van der Waals surface area (Å²) < 4.78 is 2.02. The van der Waals surface area contributed by atoms with Crippen LogP contribution in [-0.4, -0.2) is 20.9 Å². The lowest BCUT2D eigenvalue weighted by Gasteiger charge is -2.12. The van der Waals surface area contributed by atoms with Crippen molar-refractivity contribution in [3.05, 3.63) is 72.7 Å². The molecule has 5 rings (SSSR count). The van der Waals surface area contributed by atoms with Crippen molar-refractivity contribution < 1.29 is 0 Å². The van der Waals surface area contributed by atoms with Crippen molar-refractivity contribution in [2.45, 2.75) is 6.42 Å². The van der Waals surface area contributed by atoms with Gasteiger partial charge >= 0.3 is 0 Å². The highest BCUT2D eigenvalue weighted by Gasteiger charge is 2.17. The van der Waals surface area contributed by atoms with E-state index < -0.39 is 0 Å². The molecule has 0 amide bonds. The van der Waals surface area contributed by atoms with Gasteiger partial charge in [-0.15, -0.1) is 0 Å². The Morgan fingerprint density at radius 3 is 3.00 bits per heavy atom. The standard InChI is InChI=1S/C20H16N5/c1-2-5-14(6-3-1)23-19-20-22-11-12-25(20)13-18(24-19)15-7-4-8-17-16(15)9-10-21-17/h2-8,11-13,21H,9-10H2,(H,23,24). The van der Waals surface area contributed by atoms with Crippen LogP contribution in [0, 0.1) is 6.07 Å². The van der Waals surface area contributed by atoms with Gasteiger partial charge in [-0.25, -0.2) is 9.97 Å². The molecule has 4 aromatic rings. The van der Waals surface area contributed by atoms with Gasteiger partial charge in [0.1, 0.15) is 0 Å². The molecule has 25 heavy (non-hydrogen) atoms. The Kier molecular flexibility index (Phi) is 3.16. The number of hydrogen-bond donors (Lipinski definition) is 2. The van der Waals surface area contributed by atoms with Crippen molar-refractivity contribution in [1.82, 2.24) is 14.4 Å². The molecule has 121 valence electrons.